The molecule has 2 heterocycles. The molecule has 0 bridgehead atoms. The first-order valence-electron chi connectivity index (χ1n) is 7.69. The molecule has 1 aliphatic heterocycles. The van der Waals surface area contributed by atoms with E-state index in [1.54, 1.807) is 32.4 Å². The largest absolute Gasteiger partial charge is 0.493 e. The van der Waals surface area contributed by atoms with Crippen molar-refractivity contribution in [1.29, 1.82) is 0 Å². The topological polar surface area (TPSA) is 88.9 Å². The number of methoxy groups -OCH3 is 2. The lowest BCUT2D eigenvalue weighted by atomic mass is 10.2. The van der Waals surface area contributed by atoms with Crippen molar-refractivity contribution >= 4 is 23.8 Å². The lowest BCUT2D eigenvalue weighted by molar-refractivity contribution is -0.111. The Bertz CT molecular complexity index is 817. The highest BCUT2D eigenvalue weighted by atomic mass is 16.5. The van der Waals surface area contributed by atoms with Gasteiger partial charge >= 0.3 is 0 Å². The van der Waals surface area contributed by atoms with Gasteiger partial charge in [-0.25, -0.2) is 15.0 Å². The number of hydrogen-bond donors (Lipinski definition) is 1. The first-order valence-corrected chi connectivity index (χ1v) is 7.69. The van der Waals surface area contributed by atoms with Gasteiger partial charge in [0.05, 0.1) is 26.1 Å². The van der Waals surface area contributed by atoms with Crippen LogP contribution in [0.1, 0.15) is 11.4 Å². The van der Waals surface area contributed by atoms with Crippen molar-refractivity contribution in [2.45, 2.75) is 20.1 Å². The Morgan fingerprint density at radius 3 is 2.36 bits per heavy atom. The summed E-state index contributed by atoms with van der Waals surface area (Å²) in [6.07, 6.45) is 0.642. The number of anilines is 2. The SMILES string of the molecule is COc1ccc(N2C(=O)C=NC2Nc2nc(C)cc(C)n2)cc1OC. The van der Waals surface area contributed by atoms with E-state index >= 15 is 0 Å². The number of aliphatic imine (C=N–C) groups is 1. The summed E-state index contributed by atoms with van der Waals surface area (Å²) in [4.78, 5) is 26.7. The molecule has 8 nitrogen and oxygen atoms in total. The van der Waals surface area contributed by atoms with E-state index in [9.17, 15) is 4.79 Å². The number of carbonyl (C=O) groups is 1. The first-order chi connectivity index (χ1) is 12.0. The maximum atomic E-state index is 12.3. The third kappa shape index (κ3) is 3.37. The normalized spacial score (nSPS) is 16.2. The van der Waals surface area contributed by atoms with Crippen molar-refractivity contribution < 1.29 is 14.3 Å². The summed E-state index contributed by atoms with van der Waals surface area (Å²) < 4.78 is 10.5. The average molecular weight is 341 g/mol. The van der Waals surface area contributed by atoms with Crippen LogP contribution < -0.4 is 19.7 Å². The van der Waals surface area contributed by atoms with Crippen LogP contribution >= 0.6 is 0 Å². The number of aryl methyl sites for hydroxylation is 2. The molecule has 1 aromatic carbocycles. The smallest absolute Gasteiger partial charge is 0.272 e. The number of carbonyl (C=O) groups excluding carboxylic acids is 1. The zero-order chi connectivity index (χ0) is 18.0. The molecule has 0 radical (unpaired) electrons. The summed E-state index contributed by atoms with van der Waals surface area (Å²) in [6.45, 7) is 3.77. The molecular formula is C17H19N5O3. The summed E-state index contributed by atoms with van der Waals surface area (Å²) >= 11 is 0. The molecule has 0 spiro atoms. The minimum Gasteiger partial charge on any atom is -0.493 e. The van der Waals surface area contributed by atoms with Gasteiger partial charge < -0.3 is 14.8 Å². The lowest BCUT2D eigenvalue weighted by Gasteiger charge is -2.24. The second-order valence-electron chi connectivity index (χ2n) is 5.52. The van der Waals surface area contributed by atoms with Gasteiger partial charge in [-0.15, -0.1) is 0 Å². The summed E-state index contributed by atoms with van der Waals surface area (Å²) in [5, 5.41) is 3.08. The fourth-order valence-corrected chi connectivity index (χ4v) is 2.63. The van der Waals surface area contributed by atoms with Gasteiger partial charge in [0.15, 0.2) is 11.5 Å². The number of ether oxygens (including phenoxy) is 2. The third-order valence-corrected chi connectivity index (χ3v) is 3.69. The predicted octanol–water partition coefficient (Wildman–Crippen LogP) is 1.92. The molecular weight excluding hydrogens is 322 g/mol. The van der Waals surface area contributed by atoms with E-state index < -0.39 is 6.29 Å². The monoisotopic (exact) mass is 341 g/mol. The van der Waals surface area contributed by atoms with Crippen LogP contribution in [-0.4, -0.2) is 42.6 Å². The minimum atomic E-state index is -0.633. The molecule has 130 valence electrons. The minimum absolute atomic E-state index is 0.242. The number of nitrogens with zero attached hydrogens (tertiary/aromatic N) is 4. The first kappa shape index (κ1) is 16.7. The van der Waals surface area contributed by atoms with Crippen LogP contribution in [0.4, 0.5) is 11.6 Å². The molecule has 3 rings (SSSR count). The molecule has 0 saturated carbocycles. The van der Waals surface area contributed by atoms with E-state index in [1.807, 2.05) is 19.9 Å². The zero-order valence-electron chi connectivity index (χ0n) is 14.5. The van der Waals surface area contributed by atoms with Crippen molar-refractivity contribution in [1.82, 2.24) is 9.97 Å². The average Bonchev–Trinajstić information content (AvgIpc) is 2.93. The van der Waals surface area contributed by atoms with Crippen LogP contribution in [0.3, 0.4) is 0 Å². The van der Waals surface area contributed by atoms with Gasteiger partial charge in [0.1, 0.15) is 0 Å². The molecule has 0 saturated heterocycles. The molecule has 1 atom stereocenters. The van der Waals surface area contributed by atoms with Crippen molar-refractivity contribution in [3.63, 3.8) is 0 Å². The van der Waals surface area contributed by atoms with Gasteiger partial charge in [-0.05, 0) is 32.0 Å². The second kappa shape index (κ2) is 6.76. The van der Waals surface area contributed by atoms with Crippen molar-refractivity contribution in [2.24, 2.45) is 4.99 Å². The van der Waals surface area contributed by atoms with Crippen molar-refractivity contribution in [3.8, 4) is 11.5 Å². The molecule has 1 amide bonds. The highest BCUT2D eigenvalue weighted by molar-refractivity contribution is 6.34. The molecule has 1 N–H and O–H groups in total. The molecule has 2 aromatic rings. The zero-order valence-corrected chi connectivity index (χ0v) is 14.5. The highest BCUT2D eigenvalue weighted by Gasteiger charge is 2.30. The Morgan fingerprint density at radius 2 is 1.72 bits per heavy atom. The molecule has 0 fully saturated rings. The van der Waals surface area contributed by atoms with E-state index in [0.29, 0.717) is 23.1 Å². The Kier molecular flexibility index (Phi) is 4.51. The number of amides is 1. The molecule has 1 aliphatic rings. The van der Waals surface area contributed by atoms with E-state index in [-0.39, 0.29) is 5.91 Å². The Hall–Kier alpha value is -3.16. The van der Waals surface area contributed by atoms with Gasteiger partial charge in [0, 0.05) is 17.5 Å². The van der Waals surface area contributed by atoms with E-state index in [4.69, 9.17) is 9.47 Å². The second-order valence-corrected chi connectivity index (χ2v) is 5.52. The molecule has 8 heteroatoms. The van der Waals surface area contributed by atoms with Crippen LogP contribution in [0.2, 0.25) is 0 Å². The van der Waals surface area contributed by atoms with Crippen LogP contribution in [0.15, 0.2) is 29.3 Å². The number of nitrogens with one attached hydrogen (secondary N) is 1. The summed E-state index contributed by atoms with van der Waals surface area (Å²) in [5.74, 6) is 1.29. The lowest BCUT2D eigenvalue weighted by Crippen LogP contribution is -2.40. The number of hydrogen-bond acceptors (Lipinski definition) is 7. The van der Waals surface area contributed by atoms with Crippen LogP contribution in [0.25, 0.3) is 0 Å². The molecule has 1 unspecified atom stereocenters. The quantitative estimate of drug-likeness (QED) is 0.894. The third-order valence-electron chi connectivity index (χ3n) is 3.69. The van der Waals surface area contributed by atoms with Crippen molar-refractivity contribution in [2.75, 3.05) is 24.4 Å². The van der Waals surface area contributed by atoms with Crippen molar-refractivity contribution in [3.05, 3.63) is 35.7 Å². The van der Waals surface area contributed by atoms with E-state index in [0.717, 1.165) is 11.4 Å². The van der Waals surface area contributed by atoms with Crippen LogP contribution in [-0.2, 0) is 4.79 Å². The predicted molar refractivity (Wildman–Crippen MR) is 94.4 cm³/mol. The Balaban J connectivity index is 1.90. The molecule has 0 aliphatic carbocycles. The standard InChI is InChI=1S/C17H19N5O3/c1-10-7-11(2)20-16(19-10)21-17-18-9-15(23)22(17)12-5-6-13(24-3)14(8-12)25-4/h5-9,17H,1-4H3,(H,19,20,21). The van der Waals surface area contributed by atoms with Gasteiger partial charge in [0.2, 0.25) is 12.2 Å². The van der Waals surface area contributed by atoms with Gasteiger partial charge in [-0.1, -0.05) is 0 Å². The molecule has 25 heavy (non-hydrogen) atoms. The summed E-state index contributed by atoms with van der Waals surface area (Å²) in [6, 6.07) is 7.11. The van der Waals surface area contributed by atoms with E-state index in [1.165, 1.54) is 11.1 Å². The van der Waals surface area contributed by atoms with Crippen LogP contribution in [0, 0.1) is 13.8 Å². The molecule has 1 aromatic heterocycles. The fourth-order valence-electron chi connectivity index (χ4n) is 2.63. The summed E-state index contributed by atoms with van der Waals surface area (Å²) in [7, 11) is 3.10. The Morgan fingerprint density at radius 1 is 1.04 bits per heavy atom. The maximum absolute atomic E-state index is 12.3. The van der Waals surface area contributed by atoms with Crippen LogP contribution in [0.5, 0.6) is 11.5 Å². The van der Waals surface area contributed by atoms with E-state index in [2.05, 4.69) is 20.3 Å². The maximum Gasteiger partial charge on any atom is 0.272 e. The number of aromatic nitrogens is 2. The van der Waals surface area contributed by atoms with Gasteiger partial charge in [-0.2, -0.15) is 0 Å². The summed E-state index contributed by atoms with van der Waals surface area (Å²) in [5.41, 5.74) is 2.30. The Labute approximate surface area is 145 Å². The van der Waals surface area contributed by atoms with Gasteiger partial charge in [0.25, 0.3) is 5.91 Å². The van der Waals surface area contributed by atoms with Gasteiger partial charge in [-0.3, -0.25) is 9.69 Å². The number of benzene rings is 1. The fraction of sp³-hybridized carbons (Fsp3) is 0.294. The highest BCUT2D eigenvalue weighted by Crippen LogP contribution is 2.33. The number of rotatable bonds is 5.